The fraction of sp³-hybridized carbons (Fsp3) is 1.00. The molecule has 0 aromatic heterocycles. The fourth-order valence-electron chi connectivity index (χ4n) is 7.34. The third kappa shape index (κ3) is 34.7. The molecular formula is C43H88. The van der Waals surface area contributed by atoms with Crippen LogP contribution in [0.2, 0.25) is 0 Å². The summed E-state index contributed by atoms with van der Waals surface area (Å²) in [5.74, 6) is 3.77. The van der Waals surface area contributed by atoms with Crippen LogP contribution in [0.1, 0.15) is 253 Å². The molecule has 4 unspecified atom stereocenters. The highest BCUT2D eigenvalue weighted by Crippen LogP contribution is 2.25. The fourth-order valence-corrected chi connectivity index (χ4v) is 7.34. The van der Waals surface area contributed by atoms with Gasteiger partial charge in [0.1, 0.15) is 0 Å². The van der Waals surface area contributed by atoms with E-state index >= 15 is 0 Å². The average molecular weight is 605 g/mol. The van der Waals surface area contributed by atoms with Crippen LogP contribution in [-0.4, -0.2) is 0 Å². The summed E-state index contributed by atoms with van der Waals surface area (Å²) in [5, 5.41) is 0. The van der Waals surface area contributed by atoms with Gasteiger partial charge < -0.3 is 0 Å². The second kappa shape index (κ2) is 34.9. The van der Waals surface area contributed by atoms with Gasteiger partial charge in [-0.1, -0.05) is 253 Å². The number of rotatable bonds is 36. The maximum absolute atomic E-state index is 2.52. The molecule has 0 heteroatoms. The third-order valence-electron chi connectivity index (χ3n) is 10.8. The van der Waals surface area contributed by atoms with E-state index in [4.69, 9.17) is 0 Å². The van der Waals surface area contributed by atoms with Crippen LogP contribution in [0.5, 0.6) is 0 Å². The summed E-state index contributed by atoms with van der Waals surface area (Å²) in [7, 11) is 0. The first-order chi connectivity index (χ1) is 21.0. The molecule has 260 valence electrons. The summed E-state index contributed by atoms with van der Waals surface area (Å²) in [6.07, 6.45) is 48.4. The molecule has 0 rings (SSSR count). The van der Waals surface area contributed by atoms with Crippen molar-refractivity contribution in [1.82, 2.24) is 0 Å². The molecule has 0 N–H and O–H groups in total. The van der Waals surface area contributed by atoms with Crippen LogP contribution < -0.4 is 0 Å². The highest BCUT2D eigenvalue weighted by molar-refractivity contribution is 4.62. The van der Waals surface area contributed by atoms with E-state index in [0.717, 1.165) is 23.7 Å². The lowest BCUT2D eigenvalue weighted by Crippen LogP contribution is -2.02. The van der Waals surface area contributed by atoms with Crippen molar-refractivity contribution >= 4 is 0 Å². The maximum Gasteiger partial charge on any atom is -0.0443 e. The molecule has 0 radical (unpaired) electrons. The van der Waals surface area contributed by atoms with Crippen LogP contribution >= 0.6 is 0 Å². The van der Waals surface area contributed by atoms with Gasteiger partial charge in [0.2, 0.25) is 0 Å². The highest BCUT2D eigenvalue weighted by Gasteiger charge is 2.09. The minimum atomic E-state index is 0.937. The standard InChI is InChI=1S/C43H88/c1-7-9-11-13-15-17-18-19-20-21-22-24-26-28-33-41(4)35-30-37-43(6)39-31-38-42(5)36-29-34-40(3)32-27-25-23-16-14-12-10-8-2/h40-43H,7-39H2,1-6H3. The predicted molar refractivity (Wildman–Crippen MR) is 200 cm³/mol. The second-order valence-corrected chi connectivity index (χ2v) is 15.9. The summed E-state index contributed by atoms with van der Waals surface area (Å²) in [5.41, 5.74) is 0. The van der Waals surface area contributed by atoms with E-state index < -0.39 is 0 Å². The van der Waals surface area contributed by atoms with Gasteiger partial charge in [-0.15, -0.1) is 0 Å². The van der Waals surface area contributed by atoms with Gasteiger partial charge >= 0.3 is 0 Å². The van der Waals surface area contributed by atoms with Gasteiger partial charge in [-0.2, -0.15) is 0 Å². The minimum absolute atomic E-state index is 0.937. The molecule has 0 aliphatic carbocycles. The molecule has 0 spiro atoms. The smallest absolute Gasteiger partial charge is 0.0443 e. The average Bonchev–Trinajstić information content (AvgIpc) is 2.98. The van der Waals surface area contributed by atoms with Crippen molar-refractivity contribution in [3.8, 4) is 0 Å². The van der Waals surface area contributed by atoms with Crippen LogP contribution in [0.25, 0.3) is 0 Å². The Hall–Kier alpha value is 0. The predicted octanol–water partition coefficient (Wildman–Crippen LogP) is 16.4. The molecule has 0 aromatic rings. The van der Waals surface area contributed by atoms with E-state index in [1.54, 1.807) is 0 Å². The lowest BCUT2D eigenvalue weighted by atomic mass is 9.89. The van der Waals surface area contributed by atoms with Crippen molar-refractivity contribution in [1.29, 1.82) is 0 Å². The lowest BCUT2D eigenvalue weighted by Gasteiger charge is -2.17. The lowest BCUT2D eigenvalue weighted by molar-refractivity contribution is 0.364. The Morgan fingerprint density at radius 3 is 0.581 bits per heavy atom. The number of hydrogen-bond acceptors (Lipinski definition) is 0. The van der Waals surface area contributed by atoms with Crippen molar-refractivity contribution in [2.75, 3.05) is 0 Å². The maximum atomic E-state index is 2.52. The molecular weight excluding hydrogens is 516 g/mol. The molecule has 0 aliphatic rings. The normalized spacial score (nSPS) is 14.7. The summed E-state index contributed by atoms with van der Waals surface area (Å²) < 4.78 is 0. The number of unbranched alkanes of at least 4 members (excludes halogenated alkanes) is 20. The largest absolute Gasteiger partial charge is 0.0654 e. The van der Waals surface area contributed by atoms with E-state index in [2.05, 4.69) is 41.5 Å². The van der Waals surface area contributed by atoms with Crippen LogP contribution in [0.4, 0.5) is 0 Å². The molecule has 43 heavy (non-hydrogen) atoms. The first-order valence-corrected chi connectivity index (χ1v) is 21.0. The van der Waals surface area contributed by atoms with Crippen molar-refractivity contribution in [3.05, 3.63) is 0 Å². The molecule has 4 atom stereocenters. The first-order valence-electron chi connectivity index (χ1n) is 21.0. The molecule has 0 saturated carbocycles. The SMILES string of the molecule is CCCCCCCCCCCCCCCCC(C)CCCC(C)CCCC(C)CCCC(C)CCCCCCCCCC. The molecule has 0 amide bonds. The van der Waals surface area contributed by atoms with Gasteiger partial charge in [-0.25, -0.2) is 0 Å². The molecule has 0 bridgehead atoms. The summed E-state index contributed by atoms with van der Waals surface area (Å²) in [6.45, 7) is 14.7. The minimum Gasteiger partial charge on any atom is -0.0654 e. The summed E-state index contributed by atoms with van der Waals surface area (Å²) in [4.78, 5) is 0. The van der Waals surface area contributed by atoms with Crippen molar-refractivity contribution in [3.63, 3.8) is 0 Å². The quantitative estimate of drug-likeness (QED) is 0.0624. The Morgan fingerprint density at radius 2 is 0.372 bits per heavy atom. The van der Waals surface area contributed by atoms with Gasteiger partial charge in [0, 0.05) is 0 Å². The second-order valence-electron chi connectivity index (χ2n) is 15.9. The van der Waals surface area contributed by atoms with Gasteiger partial charge in [0.15, 0.2) is 0 Å². The van der Waals surface area contributed by atoms with E-state index in [1.165, 1.54) is 212 Å². The van der Waals surface area contributed by atoms with Crippen molar-refractivity contribution in [2.24, 2.45) is 23.7 Å². The zero-order chi connectivity index (χ0) is 31.6. The summed E-state index contributed by atoms with van der Waals surface area (Å²) >= 11 is 0. The van der Waals surface area contributed by atoms with Crippen molar-refractivity contribution < 1.29 is 0 Å². The number of hydrogen-bond donors (Lipinski definition) is 0. The van der Waals surface area contributed by atoms with Crippen molar-refractivity contribution in [2.45, 2.75) is 253 Å². The first kappa shape index (κ1) is 43.0. The van der Waals surface area contributed by atoms with E-state index in [9.17, 15) is 0 Å². The molecule has 0 aliphatic heterocycles. The zero-order valence-corrected chi connectivity index (χ0v) is 31.6. The molecule has 0 saturated heterocycles. The van der Waals surface area contributed by atoms with E-state index in [0.29, 0.717) is 0 Å². The van der Waals surface area contributed by atoms with E-state index in [1.807, 2.05) is 0 Å². The Labute approximate surface area is 276 Å². The monoisotopic (exact) mass is 605 g/mol. The molecule has 0 aromatic carbocycles. The van der Waals surface area contributed by atoms with Crippen LogP contribution in [0.15, 0.2) is 0 Å². The third-order valence-corrected chi connectivity index (χ3v) is 10.8. The molecule has 0 heterocycles. The topological polar surface area (TPSA) is 0 Å². The Bertz CT molecular complexity index is 494. The Balaban J connectivity index is 3.45. The van der Waals surface area contributed by atoms with Gasteiger partial charge in [0.25, 0.3) is 0 Å². The summed E-state index contributed by atoms with van der Waals surface area (Å²) in [6, 6.07) is 0. The highest BCUT2D eigenvalue weighted by atomic mass is 14.2. The van der Waals surface area contributed by atoms with Crippen LogP contribution in [0, 0.1) is 23.7 Å². The Kier molecular flexibility index (Phi) is 34.9. The van der Waals surface area contributed by atoms with Crippen LogP contribution in [0.3, 0.4) is 0 Å². The van der Waals surface area contributed by atoms with Crippen LogP contribution in [-0.2, 0) is 0 Å². The molecule has 0 fully saturated rings. The van der Waals surface area contributed by atoms with Gasteiger partial charge in [-0.3, -0.25) is 0 Å². The zero-order valence-electron chi connectivity index (χ0n) is 31.6. The van der Waals surface area contributed by atoms with Gasteiger partial charge in [0.05, 0.1) is 0 Å². The van der Waals surface area contributed by atoms with Gasteiger partial charge in [-0.05, 0) is 23.7 Å². The Morgan fingerprint density at radius 1 is 0.209 bits per heavy atom. The van der Waals surface area contributed by atoms with E-state index in [-0.39, 0.29) is 0 Å². The molecule has 0 nitrogen and oxygen atoms in total.